The number of nitrogens with zero attached hydrogens (tertiary/aromatic N) is 1. The van der Waals surface area contributed by atoms with E-state index in [0.29, 0.717) is 35.6 Å². The summed E-state index contributed by atoms with van der Waals surface area (Å²) in [6.45, 7) is 1.12. The predicted molar refractivity (Wildman–Crippen MR) is 136 cm³/mol. The van der Waals surface area contributed by atoms with Crippen molar-refractivity contribution in [3.8, 4) is 0 Å². The first kappa shape index (κ1) is 24.9. The van der Waals surface area contributed by atoms with Crippen LogP contribution in [0.15, 0.2) is 83.8 Å². The van der Waals surface area contributed by atoms with E-state index < -0.39 is 20.0 Å². The monoisotopic (exact) mass is 513 g/mol. The maximum Gasteiger partial charge on any atom is 0.261 e. The van der Waals surface area contributed by atoms with Crippen LogP contribution in [0.3, 0.4) is 0 Å². The number of rotatable bonds is 8. The van der Waals surface area contributed by atoms with Crippen molar-refractivity contribution in [1.29, 1.82) is 0 Å². The molecule has 3 aromatic carbocycles. The Kier molecular flexibility index (Phi) is 7.54. The lowest BCUT2D eigenvalue weighted by Gasteiger charge is -2.25. The highest BCUT2D eigenvalue weighted by atomic mass is 32.2. The number of para-hydroxylation sites is 1. The van der Waals surface area contributed by atoms with Gasteiger partial charge in [-0.25, -0.2) is 21.1 Å². The quantitative estimate of drug-likeness (QED) is 0.472. The van der Waals surface area contributed by atoms with Crippen molar-refractivity contribution in [3.05, 3.63) is 90.0 Å². The van der Waals surface area contributed by atoms with E-state index in [2.05, 4.69) is 10.0 Å². The number of hydrogen-bond acceptors (Lipinski definition) is 5. The third-order valence-electron chi connectivity index (χ3n) is 5.72. The van der Waals surface area contributed by atoms with Crippen molar-refractivity contribution in [1.82, 2.24) is 4.31 Å². The summed E-state index contributed by atoms with van der Waals surface area (Å²) in [6.07, 6.45) is 2.82. The molecule has 1 aliphatic heterocycles. The molecule has 35 heavy (non-hydrogen) atoms. The number of hydrogen-bond donors (Lipinski definition) is 2. The van der Waals surface area contributed by atoms with Crippen LogP contribution >= 0.6 is 0 Å². The van der Waals surface area contributed by atoms with Gasteiger partial charge in [0, 0.05) is 30.0 Å². The fraction of sp³-hybridized carbons (Fsp3) is 0.240. The number of amides is 1. The van der Waals surface area contributed by atoms with E-state index in [4.69, 9.17) is 0 Å². The minimum atomic E-state index is -3.75. The van der Waals surface area contributed by atoms with Gasteiger partial charge in [-0.05, 0) is 66.9 Å². The van der Waals surface area contributed by atoms with Crippen molar-refractivity contribution < 1.29 is 21.6 Å². The van der Waals surface area contributed by atoms with Crippen LogP contribution in [0, 0.1) is 0 Å². The lowest BCUT2D eigenvalue weighted by Crippen LogP contribution is -2.36. The van der Waals surface area contributed by atoms with Crippen molar-refractivity contribution in [2.75, 3.05) is 23.1 Å². The van der Waals surface area contributed by atoms with E-state index in [0.717, 1.165) is 19.3 Å². The van der Waals surface area contributed by atoms with E-state index >= 15 is 0 Å². The summed E-state index contributed by atoms with van der Waals surface area (Å²) >= 11 is 0. The largest absolute Gasteiger partial charge is 0.322 e. The van der Waals surface area contributed by atoms with Gasteiger partial charge in [0.15, 0.2) is 0 Å². The van der Waals surface area contributed by atoms with Gasteiger partial charge in [-0.15, -0.1) is 0 Å². The SMILES string of the molecule is O=C(Nc1ccc(S(=O)(=O)Nc2ccccc2)cc1)c1ccc(CS(=O)(=O)N2CCCCC2)cc1. The Labute approximate surface area is 206 Å². The molecule has 8 nitrogen and oxygen atoms in total. The van der Waals surface area contributed by atoms with Crippen LogP contribution in [-0.2, 0) is 25.8 Å². The average molecular weight is 514 g/mol. The van der Waals surface area contributed by atoms with Crippen LogP contribution in [0.2, 0.25) is 0 Å². The Morgan fingerprint density at radius 3 is 2.00 bits per heavy atom. The number of carbonyl (C=O) groups excluding carboxylic acids is 1. The second kappa shape index (κ2) is 10.6. The third kappa shape index (κ3) is 6.47. The van der Waals surface area contributed by atoms with E-state index in [1.54, 1.807) is 54.6 Å². The highest BCUT2D eigenvalue weighted by molar-refractivity contribution is 7.92. The summed E-state index contributed by atoms with van der Waals surface area (Å²) in [6, 6.07) is 20.9. The topological polar surface area (TPSA) is 113 Å². The first-order chi connectivity index (χ1) is 16.7. The summed E-state index contributed by atoms with van der Waals surface area (Å²) < 4.78 is 54.4. The van der Waals surface area contributed by atoms with Gasteiger partial charge in [-0.3, -0.25) is 9.52 Å². The summed E-state index contributed by atoms with van der Waals surface area (Å²) in [4.78, 5) is 12.7. The van der Waals surface area contributed by atoms with Crippen molar-refractivity contribution >= 4 is 37.3 Å². The van der Waals surface area contributed by atoms with Crippen LogP contribution in [-0.4, -0.2) is 40.1 Å². The molecule has 2 N–H and O–H groups in total. The zero-order valence-corrected chi connectivity index (χ0v) is 20.7. The van der Waals surface area contributed by atoms with Crippen LogP contribution in [0.5, 0.6) is 0 Å². The van der Waals surface area contributed by atoms with Crippen molar-refractivity contribution in [2.24, 2.45) is 0 Å². The zero-order valence-electron chi connectivity index (χ0n) is 19.1. The highest BCUT2D eigenvalue weighted by Gasteiger charge is 2.24. The molecule has 0 saturated carbocycles. The average Bonchev–Trinajstić information content (AvgIpc) is 2.85. The van der Waals surface area contributed by atoms with Gasteiger partial charge in [0.2, 0.25) is 10.0 Å². The first-order valence-corrected chi connectivity index (χ1v) is 14.4. The Morgan fingerprint density at radius 1 is 0.743 bits per heavy atom. The molecule has 0 unspecified atom stereocenters. The smallest absolute Gasteiger partial charge is 0.261 e. The molecule has 3 aromatic rings. The summed E-state index contributed by atoms with van der Waals surface area (Å²) in [5, 5.41) is 2.73. The number of nitrogens with one attached hydrogen (secondary N) is 2. The minimum absolute atomic E-state index is 0.0682. The maximum absolute atomic E-state index is 12.6. The lowest BCUT2D eigenvalue weighted by molar-refractivity contribution is 0.102. The third-order valence-corrected chi connectivity index (χ3v) is 8.97. The Morgan fingerprint density at radius 2 is 1.37 bits per heavy atom. The highest BCUT2D eigenvalue weighted by Crippen LogP contribution is 2.20. The Bertz CT molecular complexity index is 1370. The molecule has 4 rings (SSSR count). The maximum atomic E-state index is 12.6. The zero-order chi connectivity index (χ0) is 24.9. The van der Waals surface area contributed by atoms with Crippen LogP contribution in [0.4, 0.5) is 11.4 Å². The summed E-state index contributed by atoms with van der Waals surface area (Å²) in [7, 11) is -7.13. The van der Waals surface area contributed by atoms with Gasteiger partial charge in [0.1, 0.15) is 0 Å². The molecule has 10 heteroatoms. The molecule has 1 fully saturated rings. The molecule has 184 valence electrons. The number of carbonyl (C=O) groups is 1. The first-order valence-electron chi connectivity index (χ1n) is 11.3. The summed E-state index contributed by atoms with van der Waals surface area (Å²) in [5.74, 6) is -0.476. The molecule has 0 spiro atoms. The van der Waals surface area contributed by atoms with Crippen molar-refractivity contribution in [3.63, 3.8) is 0 Å². The molecule has 0 radical (unpaired) electrons. The molecule has 0 atom stereocenters. The van der Waals surface area contributed by atoms with E-state index in [9.17, 15) is 21.6 Å². The minimum Gasteiger partial charge on any atom is -0.322 e. The van der Waals surface area contributed by atoms with E-state index in [-0.39, 0.29) is 16.6 Å². The molecular formula is C25H27N3O5S2. The van der Waals surface area contributed by atoms with Gasteiger partial charge >= 0.3 is 0 Å². The lowest BCUT2D eigenvalue weighted by atomic mass is 10.1. The van der Waals surface area contributed by atoms with E-state index in [1.165, 1.54) is 28.6 Å². The van der Waals surface area contributed by atoms with Gasteiger partial charge in [0.25, 0.3) is 15.9 Å². The fourth-order valence-electron chi connectivity index (χ4n) is 3.84. The molecule has 1 aliphatic rings. The number of anilines is 2. The summed E-state index contributed by atoms with van der Waals surface area (Å²) in [5.41, 5.74) is 1.88. The number of sulfonamides is 2. The Hall–Kier alpha value is -3.21. The number of benzene rings is 3. The standard InChI is InChI=1S/C25H27N3O5S2/c29-25(21-11-9-20(10-12-21)19-34(30,31)28-17-5-2-6-18-28)26-22-13-15-24(16-14-22)35(32,33)27-23-7-3-1-4-8-23/h1,3-4,7-16,27H,2,5-6,17-19H2,(H,26,29). The van der Waals surface area contributed by atoms with Crippen molar-refractivity contribution in [2.45, 2.75) is 29.9 Å². The predicted octanol–water partition coefficient (Wildman–Crippen LogP) is 4.06. The molecule has 1 saturated heterocycles. The molecule has 1 amide bonds. The molecular weight excluding hydrogens is 486 g/mol. The second-order valence-electron chi connectivity index (χ2n) is 8.36. The van der Waals surface area contributed by atoms with Gasteiger partial charge in [0.05, 0.1) is 10.6 Å². The Balaban J connectivity index is 1.37. The fourth-order valence-corrected chi connectivity index (χ4v) is 6.51. The molecule has 0 aromatic heterocycles. The molecule has 0 aliphatic carbocycles. The van der Waals surface area contributed by atoms with Crippen LogP contribution in [0.1, 0.15) is 35.2 Å². The normalized spacial score (nSPS) is 14.9. The molecule has 1 heterocycles. The van der Waals surface area contributed by atoms with Gasteiger partial charge in [-0.1, -0.05) is 36.8 Å². The van der Waals surface area contributed by atoms with Crippen LogP contribution in [0.25, 0.3) is 0 Å². The van der Waals surface area contributed by atoms with Gasteiger partial charge < -0.3 is 5.32 Å². The molecule has 0 bridgehead atoms. The second-order valence-corrected chi connectivity index (χ2v) is 12.0. The van der Waals surface area contributed by atoms with E-state index in [1.807, 2.05) is 0 Å². The number of piperidine rings is 1. The van der Waals surface area contributed by atoms with Crippen LogP contribution < -0.4 is 10.0 Å². The van der Waals surface area contributed by atoms with Gasteiger partial charge in [-0.2, -0.15) is 0 Å².